The second kappa shape index (κ2) is 10.1. The molecule has 2 aliphatic rings. The molecular formula is C25H34N4O. The molecule has 2 aliphatic heterocycles. The fourth-order valence-electron chi connectivity index (χ4n) is 4.69. The van der Waals surface area contributed by atoms with E-state index < -0.39 is 0 Å². The number of benzene rings is 1. The summed E-state index contributed by atoms with van der Waals surface area (Å²) < 4.78 is 0. The summed E-state index contributed by atoms with van der Waals surface area (Å²) in [4.78, 5) is 24.1. The Hall–Kier alpha value is -2.40. The zero-order valence-corrected chi connectivity index (χ0v) is 18.2. The van der Waals surface area contributed by atoms with Gasteiger partial charge < -0.3 is 9.80 Å². The third kappa shape index (κ3) is 5.60. The van der Waals surface area contributed by atoms with Gasteiger partial charge in [-0.25, -0.2) is 4.98 Å². The molecule has 160 valence electrons. The summed E-state index contributed by atoms with van der Waals surface area (Å²) in [6.07, 6.45) is 6.04. The fraction of sp³-hybridized carbons (Fsp3) is 0.520. The first-order chi connectivity index (χ1) is 14.7. The van der Waals surface area contributed by atoms with Gasteiger partial charge in [0.15, 0.2) is 0 Å². The number of anilines is 1. The number of rotatable bonds is 6. The number of pyridine rings is 1. The van der Waals surface area contributed by atoms with Crippen molar-refractivity contribution >= 4 is 11.7 Å². The lowest BCUT2D eigenvalue weighted by Gasteiger charge is -2.36. The molecule has 2 fully saturated rings. The van der Waals surface area contributed by atoms with Gasteiger partial charge in [-0.15, -0.1) is 0 Å². The van der Waals surface area contributed by atoms with Gasteiger partial charge in [0.05, 0.1) is 0 Å². The number of hydrogen-bond donors (Lipinski definition) is 0. The number of aryl methyl sites for hydroxylation is 1. The molecule has 5 nitrogen and oxygen atoms in total. The van der Waals surface area contributed by atoms with Crippen molar-refractivity contribution in [2.24, 2.45) is 5.92 Å². The van der Waals surface area contributed by atoms with Gasteiger partial charge in [0.1, 0.15) is 5.82 Å². The summed E-state index contributed by atoms with van der Waals surface area (Å²) in [5, 5.41) is 0. The minimum absolute atomic E-state index is 0.325. The molecule has 5 heteroatoms. The van der Waals surface area contributed by atoms with Gasteiger partial charge in [0.2, 0.25) is 5.91 Å². The Morgan fingerprint density at radius 2 is 1.83 bits per heavy atom. The number of carbonyl (C=O) groups excluding carboxylic acids is 1. The van der Waals surface area contributed by atoms with Crippen LogP contribution in [0.25, 0.3) is 0 Å². The Balaban J connectivity index is 1.20. The molecule has 0 spiro atoms. The van der Waals surface area contributed by atoms with E-state index >= 15 is 0 Å². The molecule has 0 radical (unpaired) electrons. The maximum absolute atomic E-state index is 12.8. The smallest absolute Gasteiger partial charge is 0.222 e. The van der Waals surface area contributed by atoms with Gasteiger partial charge >= 0.3 is 0 Å². The highest BCUT2D eigenvalue weighted by atomic mass is 16.2. The number of piperidine rings is 1. The summed E-state index contributed by atoms with van der Waals surface area (Å²) in [7, 11) is 0. The lowest BCUT2D eigenvalue weighted by molar-refractivity contribution is -0.131. The molecule has 1 atom stereocenters. The summed E-state index contributed by atoms with van der Waals surface area (Å²) in [6.45, 7) is 8.81. The van der Waals surface area contributed by atoms with Gasteiger partial charge in [0, 0.05) is 51.9 Å². The van der Waals surface area contributed by atoms with E-state index in [1.165, 1.54) is 30.5 Å². The molecule has 30 heavy (non-hydrogen) atoms. The van der Waals surface area contributed by atoms with E-state index in [-0.39, 0.29) is 0 Å². The van der Waals surface area contributed by atoms with Gasteiger partial charge in [-0.05, 0) is 56.3 Å². The maximum atomic E-state index is 12.8. The lowest BCUT2D eigenvalue weighted by Crippen LogP contribution is -2.49. The predicted octanol–water partition coefficient (Wildman–Crippen LogP) is 3.73. The van der Waals surface area contributed by atoms with E-state index in [0.29, 0.717) is 18.2 Å². The van der Waals surface area contributed by atoms with E-state index in [0.717, 1.165) is 51.5 Å². The zero-order chi connectivity index (χ0) is 20.8. The highest BCUT2D eigenvalue weighted by Crippen LogP contribution is 2.23. The summed E-state index contributed by atoms with van der Waals surface area (Å²) in [5.74, 6) is 1.98. The first-order valence-corrected chi connectivity index (χ1v) is 11.4. The van der Waals surface area contributed by atoms with E-state index in [1.54, 1.807) is 0 Å². The highest BCUT2D eigenvalue weighted by molar-refractivity contribution is 5.76. The SMILES string of the molecule is Cc1ccc(CN2CCC[C@H](CCC(=O)N3CCN(c4ccccn4)CC3)C2)cc1. The number of likely N-dealkylation sites (tertiary alicyclic amines) is 1. The third-order valence-corrected chi connectivity index (χ3v) is 6.50. The maximum Gasteiger partial charge on any atom is 0.222 e. The molecule has 4 rings (SSSR count). The summed E-state index contributed by atoms with van der Waals surface area (Å²) >= 11 is 0. The standard InChI is InChI=1S/C25H34N4O/c1-21-7-9-23(10-8-21)20-27-14-4-5-22(19-27)11-12-25(30)29-17-15-28(16-18-29)24-6-2-3-13-26-24/h2-3,6-10,13,22H,4-5,11-12,14-20H2,1H3/t22-/m1/s1. The van der Waals surface area contributed by atoms with Crippen molar-refractivity contribution in [2.45, 2.75) is 39.2 Å². The molecule has 0 aliphatic carbocycles. The number of nitrogens with zero attached hydrogens (tertiary/aromatic N) is 4. The topological polar surface area (TPSA) is 39.7 Å². The fourth-order valence-corrected chi connectivity index (χ4v) is 4.69. The van der Waals surface area contributed by atoms with Gasteiger partial charge in [-0.3, -0.25) is 9.69 Å². The quantitative estimate of drug-likeness (QED) is 0.733. The summed E-state index contributed by atoms with van der Waals surface area (Å²) in [6, 6.07) is 14.9. The average Bonchev–Trinajstić information content (AvgIpc) is 2.80. The third-order valence-electron chi connectivity index (χ3n) is 6.50. The van der Waals surface area contributed by atoms with E-state index in [1.807, 2.05) is 29.3 Å². The van der Waals surface area contributed by atoms with Crippen LogP contribution in [0.2, 0.25) is 0 Å². The van der Waals surface area contributed by atoms with Crippen molar-refractivity contribution in [1.82, 2.24) is 14.8 Å². The molecule has 1 aromatic heterocycles. The van der Waals surface area contributed by atoms with Crippen molar-refractivity contribution in [1.29, 1.82) is 0 Å². The molecular weight excluding hydrogens is 372 g/mol. The lowest BCUT2D eigenvalue weighted by atomic mass is 9.92. The van der Waals surface area contributed by atoms with Crippen LogP contribution in [0.15, 0.2) is 48.7 Å². The van der Waals surface area contributed by atoms with Crippen LogP contribution < -0.4 is 4.90 Å². The number of carbonyl (C=O) groups is 1. The number of piperazine rings is 1. The van der Waals surface area contributed by atoms with Crippen LogP contribution in [-0.4, -0.2) is 60.0 Å². The van der Waals surface area contributed by atoms with Crippen LogP contribution in [0, 0.1) is 12.8 Å². The first kappa shape index (κ1) is 20.9. The van der Waals surface area contributed by atoms with Gasteiger partial charge in [-0.2, -0.15) is 0 Å². The van der Waals surface area contributed by atoms with Crippen molar-refractivity contribution in [3.05, 3.63) is 59.8 Å². The highest BCUT2D eigenvalue weighted by Gasteiger charge is 2.24. The number of amides is 1. The van der Waals surface area contributed by atoms with Crippen molar-refractivity contribution in [3.8, 4) is 0 Å². The molecule has 1 amide bonds. The average molecular weight is 407 g/mol. The van der Waals surface area contributed by atoms with E-state index in [4.69, 9.17) is 0 Å². The van der Waals surface area contributed by atoms with Crippen LogP contribution in [0.1, 0.15) is 36.8 Å². The second-order valence-corrected chi connectivity index (χ2v) is 8.82. The molecule has 3 heterocycles. The molecule has 0 saturated carbocycles. The molecule has 2 saturated heterocycles. The number of hydrogen-bond acceptors (Lipinski definition) is 4. The van der Waals surface area contributed by atoms with Crippen LogP contribution in [0.4, 0.5) is 5.82 Å². The van der Waals surface area contributed by atoms with Crippen molar-refractivity contribution in [2.75, 3.05) is 44.2 Å². The minimum Gasteiger partial charge on any atom is -0.353 e. The molecule has 0 N–H and O–H groups in total. The Kier molecular flexibility index (Phi) is 7.00. The van der Waals surface area contributed by atoms with Crippen LogP contribution in [0.3, 0.4) is 0 Å². The Morgan fingerprint density at radius 3 is 2.57 bits per heavy atom. The Labute approximate surface area is 180 Å². The monoisotopic (exact) mass is 406 g/mol. The minimum atomic E-state index is 0.325. The van der Waals surface area contributed by atoms with Crippen molar-refractivity contribution < 1.29 is 4.79 Å². The van der Waals surface area contributed by atoms with Crippen LogP contribution in [-0.2, 0) is 11.3 Å². The molecule has 0 unspecified atom stereocenters. The largest absolute Gasteiger partial charge is 0.353 e. The predicted molar refractivity (Wildman–Crippen MR) is 121 cm³/mol. The normalized spacial score (nSPS) is 20.4. The molecule has 0 bridgehead atoms. The van der Waals surface area contributed by atoms with Gasteiger partial charge in [-0.1, -0.05) is 35.9 Å². The van der Waals surface area contributed by atoms with Crippen LogP contribution in [0.5, 0.6) is 0 Å². The molecule has 2 aromatic rings. The Bertz CT molecular complexity index is 800. The first-order valence-electron chi connectivity index (χ1n) is 11.4. The second-order valence-electron chi connectivity index (χ2n) is 8.82. The zero-order valence-electron chi connectivity index (χ0n) is 18.2. The van der Waals surface area contributed by atoms with Gasteiger partial charge in [0.25, 0.3) is 0 Å². The molecule has 1 aromatic carbocycles. The summed E-state index contributed by atoms with van der Waals surface area (Å²) in [5.41, 5.74) is 2.71. The van der Waals surface area contributed by atoms with E-state index in [9.17, 15) is 4.79 Å². The van der Waals surface area contributed by atoms with Crippen molar-refractivity contribution in [3.63, 3.8) is 0 Å². The van der Waals surface area contributed by atoms with Crippen LogP contribution >= 0.6 is 0 Å². The Morgan fingerprint density at radius 1 is 1.03 bits per heavy atom. The van der Waals surface area contributed by atoms with E-state index in [2.05, 4.69) is 46.0 Å². The number of aromatic nitrogens is 1.